The summed E-state index contributed by atoms with van der Waals surface area (Å²) in [6, 6.07) is 7.03. The van der Waals surface area contributed by atoms with Gasteiger partial charge in [0.05, 0.1) is 0 Å². The third kappa shape index (κ3) is 2.18. The second-order valence-corrected chi connectivity index (χ2v) is 3.70. The van der Waals surface area contributed by atoms with Crippen molar-refractivity contribution < 1.29 is 4.39 Å². The van der Waals surface area contributed by atoms with E-state index in [1.807, 2.05) is 19.2 Å². The monoisotopic (exact) mass is 206 g/mol. The highest BCUT2D eigenvalue weighted by molar-refractivity contribution is 5.80. The molecule has 80 valence electrons. The minimum absolute atomic E-state index is 0.149. The molecule has 0 saturated carbocycles. The predicted octanol–water partition coefficient (Wildman–Crippen LogP) is 2.46. The zero-order valence-electron chi connectivity index (χ0n) is 8.81. The average molecular weight is 206 g/mol. The molecule has 2 N–H and O–H groups in total. The van der Waals surface area contributed by atoms with E-state index in [0.29, 0.717) is 5.39 Å². The standard InChI is InChI=1S/C12H15FN2/c1-14-7-3-4-9-8-10-11(13)5-2-6-12(10)15-9/h2,5-6,8,14-15H,3-4,7H2,1H3. The molecule has 2 nitrogen and oxygen atoms in total. The number of aromatic amines is 1. The molecule has 1 aromatic carbocycles. The molecule has 0 amide bonds. The number of rotatable bonds is 4. The quantitative estimate of drug-likeness (QED) is 0.739. The van der Waals surface area contributed by atoms with Crippen LogP contribution in [0.15, 0.2) is 24.3 Å². The number of fused-ring (bicyclic) bond motifs is 1. The highest BCUT2D eigenvalue weighted by atomic mass is 19.1. The molecule has 0 atom stereocenters. The number of aromatic nitrogens is 1. The van der Waals surface area contributed by atoms with Crippen LogP contribution in [0.3, 0.4) is 0 Å². The van der Waals surface area contributed by atoms with Gasteiger partial charge in [0.25, 0.3) is 0 Å². The maximum atomic E-state index is 13.4. The van der Waals surface area contributed by atoms with Crippen molar-refractivity contribution in [1.82, 2.24) is 10.3 Å². The van der Waals surface area contributed by atoms with Crippen molar-refractivity contribution in [3.8, 4) is 0 Å². The summed E-state index contributed by atoms with van der Waals surface area (Å²) >= 11 is 0. The SMILES string of the molecule is CNCCCc1cc2c(F)cccc2[nH]1. The third-order valence-corrected chi connectivity index (χ3v) is 2.54. The van der Waals surface area contributed by atoms with Gasteiger partial charge < -0.3 is 10.3 Å². The fourth-order valence-electron chi connectivity index (χ4n) is 1.77. The molecule has 0 aliphatic heterocycles. The molecule has 0 radical (unpaired) electrons. The molecular weight excluding hydrogens is 191 g/mol. The molecule has 0 fully saturated rings. The van der Waals surface area contributed by atoms with Crippen molar-refractivity contribution in [3.05, 3.63) is 35.8 Å². The van der Waals surface area contributed by atoms with Crippen molar-refractivity contribution in [2.24, 2.45) is 0 Å². The first-order valence-corrected chi connectivity index (χ1v) is 5.22. The Morgan fingerprint density at radius 1 is 1.40 bits per heavy atom. The van der Waals surface area contributed by atoms with E-state index in [9.17, 15) is 4.39 Å². The van der Waals surface area contributed by atoms with Crippen LogP contribution in [0.2, 0.25) is 0 Å². The second kappa shape index (κ2) is 4.45. The second-order valence-electron chi connectivity index (χ2n) is 3.70. The largest absolute Gasteiger partial charge is 0.358 e. The maximum absolute atomic E-state index is 13.4. The molecule has 0 aliphatic carbocycles. The van der Waals surface area contributed by atoms with Gasteiger partial charge in [-0.3, -0.25) is 0 Å². The summed E-state index contributed by atoms with van der Waals surface area (Å²) in [6.07, 6.45) is 2.01. The Balaban J connectivity index is 2.20. The fraction of sp³-hybridized carbons (Fsp3) is 0.333. The van der Waals surface area contributed by atoms with Crippen LogP contribution in [-0.4, -0.2) is 18.6 Å². The topological polar surface area (TPSA) is 27.8 Å². The van der Waals surface area contributed by atoms with Crippen molar-refractivity contribution in [3.63, 3.8) is 0 Å². The Morgan fingerprint density at radius 2 is 2.27 bits per heavy atom. The Bertz CT molecular complexity index is 448. The number of aryl methyl sites for hydroxylation is 1. The van der Waals surface area contributed by atoms with Gasteiger partial charge in [-0.25, -0.2) is 4.39 Å². The maximum Gasteiger partial charge on any atom is 0.132 e. The minimum Gasteiger partial charge on any atom is -0.358 e. The van der Waals surface area contributed by atoms with Crippen molar-refractivity contribution >= 4 is 10.9 Å². The van der Waals surface area contributed by atoms with Crippen LogP contribution in [0.4, 0.5) is 4.39 Å². The zero-order chi connectivity index (χ0) is 10.7. The molecule has 15 heavy (non-hydrogen) atoms. The van der Waals surface area contributed by atoms with E-state index in [2.05, 4.69) is 10.3 Å². The summed E-state index contributed by atoms with van der Waals surface area (Å²) in [7, 11) is 1.94. The molecule has 0 spiro atoms. The molecule has 2 aromatic rings. The summed E-state index contributed by atoms with van der Waals surface area (Å²) in [5.74, 6) is -0.149. The van der Waals surface area contributed by atoms with E-state index in [-0.39, 0.29) is 5.82 Å². The number of benzene rings is 1. The highest BCUT2D eigenvalue weighted by Gasteiger charge is 2.04. The molecule has 0 aliphatic rings. The Hall–Kier alpha value is -1.35. The first kappa shape index (κ1) is 10.2. The third-order valence-electron chi connectivity index (χ3n) is 2.54. The normalized spacial score (nSPS) is 11.1. The van der Waals surface area contributed by atoms with E-state index in [1.165, 1.54) is 6.07 Å². The summed E-state index contributed by atoms with van der Waals surface area (Å²) in [5.41, 5.74) is 1.99. The van der Waals surface area contributed by atoms with E-state index < -0.39 is 0 Å². The number of H-pyrrole nitrogens is 1. The number of hydrogen-bond acceptors (Lipinski definition) is 1. The zero-order valence-corrected chi connectivity index (χ0v) is 8.81. The smallest absolute Gasteiger partial charge is 0.132 e. The first-order chi connectivity index (χ1) is 7.31. The number of hydrogen-bond donors (Lipinski definition) is 2. The van der Waals surface area contributed by atoms with Crippen molar-refractivity contribution in [2.45, 2.75) is 12.8 Å². The van der Waals surface area contributed by atoms with Gasteiger partial charge in [0.2, 0.25) is 0 Å². The molecule has 3 heteroatoms. The van der Waals surface area contributed by atoms with Gasteiger partial charge in [-0.2, -0.15) is 0 Å². The molecule has 1 aromatic heterocycles. The number of halogens is 1. The lowest BCUT2D eigenvalue weighted by molar-refractivity contribution is 0.640. The van der Waals surface area contributed by atoms with Crippen molar-refractivity contribution in [1.29, 1.82) is 0 Å². The van der Waals surface area contributed by atoms with Crippen LogP contribution in [0, 0.1) is 5.82 Å². The van der Waals surface area contributed by atoms with Crippen LogP contribution in [0.25, 0.3) is 10.9 Å². The van der Waals surface area contributed by atoms with E-state index in [4.69, 9.17) is 0 Å². The van der Waals surface area contributed by atoms with Gasteiger partial charge >= 0.3 is 0 Å². The highest BCUT2D eigenvalue weighted by Crippen LogP contribution is 2.19. The van der Waals surface area contributed by atoms with Gasteiger partial charge in [0.15, 0.2) is 0 Å². The lowest BCUT2D eigenvalue weighted by atomic mass is 10.2. The first-order valence-electron chi connectivity index (χ1n) is 5.22. The molecule has 0 bridgehead atoms. The molecule has 0 saturated heterocycles. The molecule has 1 heterocycles. The lowest BCUT2D eigenvalue weighted by Crippen LogP contribution is -2.08. The molecular formula is C12H15FN2. The van der Waals surface area contributed by atoms with Gasteiger partial charge in [-0.1, -0.05) is 6.07 Å². The van der Waals surface area contributed by atoms with Crippen LogP contribution in [0.5, 0.6) is 0 Å². The minimum atomic E-state index is -0.149. The Kier molecular flexibility index (Phi) is 3.02. The van der Waals surface area contributed by atoms with Gasteiger partial charge in [-0.05, 0) is 44.6 Å². The van der Waals surface area contributed by atoms with Gasteiger partial charge in [0, 0.05) is 16.6 Å². The summed E-state index contributed by atoms with van der Waals surface area (Å²) < 4.78 is 13.4. The Labute approximate surface area is 88.5 Å². The fourth-order valence-corrected chi connectivity index (χ4v) is 1.77. The van der Waals surface area contributed by atoms with Crippen LogP contribution >= 0.6 is 0 Å². The lowest BCUT2D eigenvalue weighted by Gasteiger charge is -1.96. The number of nitrogens with one attached hydrogen (secondary N) is 2. The summed E-state index contributed by atoms with van der Waals surface area (Å²) in [6.45, 7) is 0.984. The van der Waals surface area contributed by atoms with E-state index >= 15 is 0 Å². The van der Waals surface area contributed by atoms with Crippen LogP contribution < -0.4 is 5.32 Å². The average Bonchev–Trinajstić information content (AvgIpc) is 2.63. The molecule has 2 rings (SSSR count). The summed E-state index contributed by atoms with van der Waals surface area (Å²) in [5, 5.41) is 3.79. The van der Waals surface area contributed by atoms with E-state index in [0.717, 1.165) is 30.6 Å². The predicted molar refractivity (Wildman–Crippen MR) is 60.5 cm³/mol. The van der Waals surface area contributed by atoms with Crippen LogP contribution in [0.1, 0.15) is 12.1 Å². The van der Waals surface area contributed by atoms with Gasteiger partial charge in [0.1, 0.15) is 5.82 Å². The summed E-state index contributed by atoms with van der Waals surface area (Å²) in [4.78, 5) is 3.23. The van der Waals surface area contributed by atoms with E-state index in [1.54, 1.807) is 6.07 Å². The Morgan fingerprint density at radius 3 is 3.00 bits per heavy atom. The molecule has 0 unspecified atom stereocenters. The van der Waals surface area contributed by atoms with Crippen molar-refractivity contribution in [2.75, 3.05) is 13.6 Å². The van der Waals surface area contributed by atoms with Crippen LogP contribution in [-0.2, 0) is 6.42 Å². The van der Waals surface area contributed by atoms with Gasteiger partial charge in [-0.15, -0.1) is 0 Å².